The number of amides is 1. The fourth-order valence-corrected chi connectivity index (χ4v) is 2.50. The lowest BCUT2D eigenvalue weighted by molar-refractivity contribution is -0.161. The maximum atomic E-state index is 11.8. The van der Waals surface area contributed by atoms with Crippen LogP contribution in [0, 0.1) is 0 Å². The Bertz CT molecular complexity index is 588. The maximum Gasteiger partial charge on any atom is 0.274 e. The first kappa shape index (κ1) is 12.5. The summed E-state index contributed by atoms with van der Waals surface area (Å²) in [7, 11) is 0. The second-order valence-electron chi connectivity index (χ2n) is 4.83. The van der Waals surface area contributed by atoms with E-state index in [4.69, 9.17) is 9.47 Å². The third-order valence-electron chi connectivity index (χ3n) is 3.50. The SMILES string of the molecule is O=C1N=c2ccccc2=C1CCOC1CCCCO1. The van der Waals surface area contributed by atoms with Gasteiger partial charge in [-0.15, -0.1) is 0 Å². The molecule has 3 rings (SSSR count). The van der Waals surface area contributed by atoms with E-state index < -0.39 is 0 Å². The van der Waals surface area contributed by atoms with Gasteiger partial charge < -0.3 is 9.47 Å². The number of carbonyl (C=O) groups excluding carboxylic acids is 1. The average Bonchev–Trinajstić information content (AvgIpc) is 2.76. The van der Waals surface area contributed by atoms with Gasteiger partial charge in [0.05, 0.1) is 12.0 Å². The molecule has 1 amide bonds. The zero-order valence-electron chi connectivity index (χ0n) is 10.8. The van der Waals surface area contributed by atoms with Crippen molar-refractivity contribution in [3.63, 3.8) is 0 Å². The van der Waals surface area contributed by atoms with Crippen molar-refractivity contribution in [1.29, 1.82) is 0 Å². The quantitative estimate of drug-likeness (QED) is 0.808. The monoisotopic (exact) mass is 259 g/mol. The molecule has 100 valence electrons. The molecule has 0 N–H and O–H groups in total. The summed E-state index contributed by atoms with van der Waals surface area (Å²) in [4.78, 5) is 15.9. The topological polar surface area (TPSA) is 47.9 Å². The number of para-hydroxylation sites is 1. The first-order valence-electron chi connectivity index (χ1n) is 6.79. The fraction of sp³-hybridized carbons (Fsp3) is 0.467. The molecule has 0 aliphatic carbocycles. The van der Waals surface area contributed by atoms with E-state index in [-0.39, 0.29) is 12.2 Å². The molecule has 1 atom stereocenters. The van der Waals surface area contributed by atoms with Gasteiger partial charge in [-0.25, -0.2) is 4.99 Å². The standard InChI is InChI=1S/C15H17NO3/c17-15-12(11-5-1-2-6-13(11)16-15)8-10-19-14-7-3-4-9-18-14/h1-2,5-6,14H,3-4,7-10H2. The Morgan fingerprint density at radius 1 is 1.32 bits per heavy atom. The van der Waals surface area contributed by atoms with Crippen LogP contribution < -0.4 is 10.6 Å². The van der Waals surface area contributed by atoms with Gasteiger partial charge in [-0.2, -0.15) is 0 Å². The molecule has 4 heteroatoms. The first-order chi connectivity index (χ1) is 9.34. The average molecular weight is 259 g/mol. The van der Waals surface area contributed by atoms with Crippen molar-refractivity contribution in [3.05, 3.63) is 34.8 Å². The van der Waals surface area contributed by atoms with Crippen LogP contribution in [0.3, 0.4) is 0 Å². The summed E-state index contributed by atoms with van der Waals surface area (Å²) in [6.45, 7) is 1.29. The molecule has 0 aromatic heterocycles. The van der Waals surface area contributed by atoms with Crippen molar-refractivity contribution in [2.45, 2.75) is 32.0 Å². The van der Waals surface area contributed by atoms with Crippen LogP contribution in [-0.4, -0.2) is 25.4 Å². The number of ether oxygens (including phenoxy) is 2. The Morgan fingerprint density at radius 3 is 3.05 bits per heavy atom. The van der Waals surface area contributed by atoms with Gasteiger partial charge in [-0.3, -0.25) is 4.79 Å². The van der Waals surface area contributed by atoms with Crippen LogP contribution in [-0.2, 0) is 14.3 Å². The van der Waals surface area contributed by atoms with Gasteiger partial charge in [0.15, 0.2) is 6.29 Å². The molecule has 2 aliphatic rings. The Morgan fingerprint density at radius 2 is 2.21 bits per heavy atom. The summed E-state index contributed by atoms with van der Waals surface area (Å²) >= 11 is 0. The van der Waals surface area contributed by atoms with Gasteiger partial charge in [0, 0.05) is 23.8 Å². The van der Waals surface area contributed by atoms with E-state index >= 15 is 0 Å². The molecule has 1 aromatic carbocycles. The highest BCUT2D eigenvalue weighted by Crippen LogP contribution is 2.15. The lowest BCUT2D eigenvalue weighted by Crippen LogP contribution is -2.24. The Balaban J connectivity index is 1.64. The summed E-state index contributed by atoms with van der Waals surface area (Å²) < 4.78 is 11.2. The van der Waals surface area contributed by atoms with E-state index in [2.05, 4.69) is 4.99 Å². The third-order valence-corrected chi connectivity index (χ3v) is 3.50. The Kier molecular flexibility index (Phi) is 3.71. The number of rotatable bonds is 4. The first-order valence-corrected chi connectivity index (χ1v) is 6.79. The van der Waals surface area contributed by atoms with Crippen molar-refractivity contribution in [3.8, 4) is 0 Å². The molecule has 0 radical (unpaired) electrons. The second kappa shape index (κ2) is 5.63. The van der Waals surface area contributed by atoms with E-state index in [0.29, 0.717) is 13.0 Å². The van der Waals surface area contributed by atoms with Crippen LogP contribution in [0.1, 0.15) is 25.7 Å². The molecule has 1 aromatic rings. The molecule has 2 heterocycles. The number of benzene rings is 1. The molecule has 19 heavy (non-hydrogen) atoms. The predicted octanol–water partition coefficient (Wildman–Crippen LogP) is 0.930. The van der Waals surface area contributed by atoms with Gasteiger partial charge in [-0.1, -0.05) is 18.2 Å². The highest BCUT2D eigenvalue weighted by molar-refractivity contribution is 6.15. The van der Waals surface area contributed by atoms with Crippen LogP contribution in [0.4, 0.5) is 0 Å². The number of hydrogen-bond acceptors (Lipinski definition) is 3. The van der Waals surface area contributed by atoms with Crippen molar-refractivity contribution >= 4 is 11.5 Å². The minimum absolute atomic E-state index is 0.0990. The lowest BCUT2D eigenvalue weighted by atomic mass is 10.1. The summed E-state index contributed by atoms with van der Waals surface area (Å²) in [5.41, 5.74) is 0.756. The van der Waals surface area contributed by atoms with E-state index in [1.54, 1.807) is 0 Å². The van der Waals surface area contributed by atoms with E-state index in [1.807, 2.05) is 24.3 Å². The molecule has 0 spiro atoms. The van der Waals surface area contributed by atoms with Crippen LogP contribution in [0.2, 0.25) is 0 Å². The lowest BCUT2D eigenvalue weighted by Gasteiger charge is -2.22. The molecular formula is C15H17NO3. The molecule has 0 bridgehead atoms. The van der Waals surface area contributed by atoms with Crippen molar-refractivity contribution < 1.29 is 14.3 Å². The van der Waals surface area contributed by atoms with E-state index in [1.165, 1.54) is 0 Å². The predicted molar refractivity (Wildman–Crippen MR) is 69.8 cm³/mol. The smallest absolute Gasteiger partial charge is 0.274 e. The molecule has 4 nitrogen and oxygen atoms in total. The van der Waals surface area contributed by atoms with Crippen molar-refractivity contribution in [2.24, 2.45) is 4.99 Å². The number of carbonyl (C=O) groups is 1. The fourth-order valence-electron chi connectivity index (χ4n) is 2.50. The molecule has 1 unspecified atom stereocenters. The van der Waals surface area contributed by atoms with Crippen LogP contribution in [0.5, 0.6) is 0 Å². The van der Waals surface area contributed by atoms with Crippen LogP contribution in [0.15, 0.2) is 29.3 Å². The zero-order valence-corrected chi connectivity index (χ0v) is 10.8. The largest absolute Gasteiger partial charge is 0.353 e. The molecule has 2 aliphatic heterocycles. The van der Waals surface area contributed by atoms with E-state index in [0.717, 1.165) is 42.0 Å². The highest BCUT2D eigenvalue weighted by atomic mass is 16.7. The van der Waals surface area contributed by atoms with E-state index in [9.17, 15) is 4.79 Å². The number of fused-ring (bicyclic) bond motifs is 1. The molecule has 1 fully saturated rings. The maximum absolute atomic E-state index is 11.8. The third kappa shape index (κ3) is 2.74. The zero-order chi connectivity index (χ0) is 13.1. The number of hydrogen-bond donors (Lipinski definition) is 0. The van der Waals surface area contributed by atoms with Crippen molar-refractivity contribution in [1.82, 2.24) is 0 Å². The minimum atomic E-state index is -0.130. The summed E-state index contributed by atoms with van der Waals surface area (Å²) in [6, 6.07) is 7.63. The molecule has 0 saturated carbocycles. The minimum Gasteiger partial charge on any atom is -0.353 e. The Hall–Kier alpha value is -1.52. The number of nitrogens with zero attached hydrogens (tertiary/aromatic N) is 1. The summed E-state index contributed by atoms with van der Waals surface area (Å²) in [6.07, 6.45) is 3.71. The van der Waals surface area contributed by atoms with Gasteiger partial charge in [0.1, 0.15) is 0 Å². The van der Waals surface area contributed by atoms with Gasteiger partial charge in [0.2, 0.25) is 0 Å². The summed E-state index contributed by atoms with van der Waals surface area (Å²) in [5, 5.41) is 1.72. The molecular weight excluding hydrogens is 242 g/mol. The Labute approximate surface area is 111 Å². The van der Waals surface area contributed by atoms with Gasteiger partial charge >= 0.3 is 0 Å². The highest BCUT2D eigenvalue weighted by Gasteiger charge is 2.18. The van der Waals surface area contributed by atoms with Crippen LogP contribution >= 0.6 is 0 Å². The molecule has 1 saturated heterocycles. The van der Waals surface area contributed by atoms with Gasteiger partial charge in [0.25, 0.3) is 5.91 Å². The second-order valence-corrected chi connectivity index (χ2v) is 4.83. The summed E-state index contributed by atoms with van der Waals surface area (Å²) in [5.74, 6) is -0.130. The van der Waals surface area contributed by atoms with Crippen LogP contribution in [0.25, 0.3) is 5.57 Å². The normalized spacial score (nSPS) is 22.2. The van der Waals surface area contributed by atoms with Gasteiger partial charge in [-0.05, 0) is 25.3 Å². The van der Waals surface area contributed by atoms with Crippen molar-refractivity contribution in [2.75, 3.05) is 13.2 Å².